The summed E-state index contributed by atoms with van der Waals surface area (Å²) < 4.78 is 5.79. The van der Waals surface area contributed by atoms with Gasteiger partial charge in [0.25, 0.3) is 0 Å². The second-order valence-electron chi connectivity index (χ2n) is 7.96. The highest BCUT2D eigenvalue weighted by Gasteiger charge is 2.29. The molecule has 0 aromatic heterocycles. The number of rotatable bonds is 9. The Labute approximate surface area is 121 Å². The average molecular weight is 271 g/mol. The molecule has 2 heteroatoms. The van der Waals surface area contributed by atoms with Crippen LogP contribution in [0, 0.1) is 17.3 Å². The summed E-state index contributed by atoms with van der Waals surface area (Å²) >= 11 is 0. The summed E-state index contributed by atoms with van der Waals surface area (Å²) in [7, 11) is 0. The van der Waals surface area contributed by atoms with E-state index in [1.165, 1.54) is 6.42 Å². The Bertz CT molecular complexity index is 230. The maximum absolute atomic E-state index is 5.79. The first-order valence-electron chi connectivity index (χ1n) is 7.89. The van der Waals surface area contributed by atoms with Gasteiger partial charge in [0.1, 0.15) is 0 Å². The van der Waals surface area contributed by atoms with Crippen LogP contribution in [0.1, 0.15) is 68.2 Å². The molecule has 0 saturated carbocycles. The van der Waals surface area contributed by atoms with Crippen molar-refractivity contribution in [3.63, 3.8) is 0 Å². The topological polar surface area (TPSA) is 21.3 Å². The Morgan fingerprint density at radius 2 is 1.53 bits per heavy atom. The Morgan fingerprint density at radius 1 is 0.947 bits per heavy atom. The van der Waals surface area contributed by atoms with Crippen LogP contribution < -0.4 is 5.32 Å². The quantitative estimate of drug-likeness (QED) is 0.624. The van der Waals surface area contributed by atoms with Crippen LogP contribution in [0.3, 0.4) is 0 Å². The zero-order chi connectivity index (χ0) is 15.1. The highest BCUT2D eigenvalue weighted by molar-refractivity contribution is 4.83. The monoisotopic (exact) mass is 271 g/mol. The molecule has 0 aliphatic heterocycles. The minimum Gasteiger partial charge on any atom is -0.381 e. The van der Waals surface area contributed by atoms with Gasteiger partial charge in [0.05, 0.1) is 0 Å². The second-order valence-corrected chi connectivity index (χ2v) is 7.96. The van der Waals surface area contributed by atoms with Gasteiger partial charge in [0.15, 0.2) is 0 Å². The van der Waals surface area contributed by atoms with Crippen molar-refractivity contribution in [1.82, 2.24) is 5.32 Å². The normalized spacial score (nSPS) is 16.1. The number of ether oxygens (including phenoxy) is 1. The largest absolute Gasteiger partial charge is 0.381 e. The van der Waals surface area contributed by atoms with Gasteiger partial charge in [-0.05, 0) is 50.9 Å². The average Bonchev–Trinajstić information content (AvgIpc) is 2.24. The highest BCUT2D eigenvalue weighted by atomic mass is 16.5. The van der Waals surface area contributed by atoms with Gasteiger partial charge in [-0.1, -0.05) is 34.6 Å². The van der Waals surface area contributed by atoms with Crippen molar-refractivity contribution in [2.45, 2.75) is 73.8 Å². The summed E-state index contributed by atoms with van der Waals surface area (Å²) in [5.41, 5.74) is 0.500. The van der Waals surface area contributed by atoms with Crippen LogP contribution in [0.15, 0.2) is 0 Å². The molecule has 19 heavy (non-hydrogen) atoms. The summed E-state index contributed by atoms with van der Waals surface area (Å²) in [5, 5.41) is 3.65. The lowest BCUT2D eigenvalue weighted by molar-refractivity contribution is 0.0703. The molecular weight excluding hydrogens is 234 g/mol. The molecule has 0 amide bonds. The van der Waals surface area contributed by atoms with Crippen molar-refractivity contribution in [2.75, 3.05) is 19.8 Å². The van der Waals surface area contributed by atoms with Gasteiger partial charge < -0.3 is 10.1 Å². The van der Waals surface area contributed by atoms with Gasteiger partial charge in [-0.25, -0.2) is 0 Å². The third-order valence-electron chi connectivity index (χ3n) is 4.07. The Kier molecular flexibility index (Phi) is 8.23. The van der Waals surface area contributed by atoms with E-state index in [4.69, 9.17) is 4.74 Å². The minimum absolute atomic E-state index is 0.189. The van der Waals surface area contributed by atoms with Crippen LogP contribution in [0.25, 0.3) is 0 Å². The van der Waals surface area contributed by atoms with E-state index in [0.717, 1.165) is 32.1 Å². The van der Waals surface area contributed by atoms with Crippen LogP contribution >= 0.6 is 0 Å². The molecule has 0 aliphatic rings. The molecule has 1 N–H and O–H groups in total. The van der Waals surface area contributed by atoms with E-state index >= 15 is 0 Å². The highest BCUT2D eigenvalue weighted by Crippen LogP contribution is 2.31. The fourth-order valence-electron chi connectivity index (χ4n) is 1.77. The van der Waals surface area contributed by atoms with Crippen molar-refractivity contribution in [3.8, 4) is 0 Å². The van der Waals surface area contributed by atoms with E-state index in [-0.39, 0.29) is 5.54 Å². The number of nitrogens with one attached hydrogen (secondary N) is 1. The minimum atomic E-state index is 0.189. The summed E-state index contributed by atoms with van der Waals surface area (Å²) in [6, 6.07) is 0. The molecule has 0 spiro atoms. The Balaban J connectivity index is 4.09. The Morgan fingerprint density at radius 3 is 1.95 bits per heavy atom. The van der Waals surface area contributed by atoms with E-state index < -0.39 is 0 Å². The van der Waals surface area contributed by atoms with Gasteiger partial charge in [0, 0.05) is 25.3 Å². The number of hydrogen-bond donors (Lipinski definition) is 1. The van der Waals surface area contributed by atoms with Gasteiger partial charge in [-0.15, -0.1) is 0 Å². The lowest BCUT2D eigenvalue weighted by Gasteiger charge is -2.37. The molecule has 0 aromatic carbocycles. The molecule has 0 bridgehead atoms. The van der Waals surface area contributed by atoms with Crippen LogP contribution in [-0.4, -0.2) is 25.3 Å². The van der Waals surface area contributed by atoms with Crippen LogP contribution in [0.4, 0.5) is 0 Å². The summed E-state index contributed by atoms with van der Waals surface area (Å²) in [6.07, 6.45) is 2.30. The maximum Gasteiger partial charge on any atom is 0.0471 e. The molecule has 0 aliphatic carbocycles. The summed E-state index contributed by atoms with van der Waals surface area (Å²) in [4.78, 5) is 0. The third-order valence-corrected chi connectivity index (χ3v) is 4.07. The van der Waals surface area contributed by atoms with E-state index in [1.54, 1.807) is 0 Å². The fraction of sp³-hybridized carbons (Fsp3) is 1.00. The molecule has 0 rings (SSSR count). The maximum atomic E-state index is 5.79. The third kappa shape index (κ3) is 9.45. The first kappa shape index (κ1) is 18.9. The van der Waals surface area contributed by atoms with Crippen LogP contribution in [0.5, 0.6) is 0 Å². The van der Waals surface area contributed by atoms with Crippen molar-refractivity contribution in [3.05, 3.63) is 0 Å². The number of hydrogen-bond acceptors (Lipinski definition) is 2. The van der Waals surface area contributed by atoms with Crippen molar-refractivity contribution in [1.29, 1.82) is 0 Å². The van der Waals surface area contributed by atoms with Crippen molar-refractivity contribution < 1.29 is 4.74 Å². The Hall–Kier alpha value is -0.0800. The first-order valence-corrected chi connectivity index (χ1v) is 7.89. The van der Waals surface area contributed by atoms with Crippen LogP contribution in [-0.2, 0) is 4.74 Å². The predicted molar refractivity (Wildman–Crippen MR) is 85.6 cm³/mol. The SMILES string of the molecule is CC(C)CCOCCC(C)(CNC(C)(C)C)C(C)C. The summed E-state index contributed by atoms with van der Waals surface area (Å²) in [5.74, 6) is 1.40. The van der Waals surface area contributed by atoms with Gasteiger partial charge >= 0.3 is 0 Å². The fourth-order valence-corrected chi connectivity index (χ4v) is 1.77. The standard InChI is InChI=1S/C17H37NO/c1-14(2)9-11-19-12-10-17(8,15(3)4)13-18-16(5,6)7/h14-15,18H,9-13H2,1-8H3. The van der Waals surface area contributed by atoms with E-state index in [0.29, 0.717) is 11.3 Å². The smallest absolute Gasteiger partial charge is 0.0471 e. The summed E-state index contributed by atoms with van der Waals surface area (Å²) in [6.45, 7) is 21.0. The molecule has 0 heterocycles. The zero-order valence-electron chi connectivity index (χ0n) is 14.6. The molecule has 0 radical (unpaired) electrons. The van der Waals surface area contributed by atoms with E-state index in [9.17, 15) is 0 Å². The molecule has 116 valence electrons. The molecular formula is C17H37NO. The lowest BCUT2D eigenvalue weighted by Crippen LogP contribution is -2.45. The van der Waals surface area contributed by atoms with Crippen molar-refractivity contribution in [2.24, 2.45) is 17.3 Å². The molecule has 0 fully saturated rings. The molecule has 1 atom stereocenters. The zero-order valence-corrected chi connectivity index (χ0v) is 14.6. The molecule has 2 nitrogen and oxygen atoms in total. The van der Waals surface area contributed by atoms with Crippen molar-refractivity contribution >= 4 is 0 Å². The second kappa shape index (κ2) is 8.26. The lowest BCUT2D eigenvalue weighted by atomic mass is 9.76. The molecule has 0 aromatic rings. The molecule has 1 unspecified atom stereocenters. The van der Waals surface area contributed by atoms with E-state index in [1.807, 2.05) is 0 Å². The van der Waals surface area contributed by atoms with Gasteiger partial charge in [-0.3, -0.25) is 0 Å². The molecule has 0 saturated heterocycles. The van der Waals surface area contributed by atoms with E-state index in [2.05, 4.69) is 60.7 Å². The van der Waals surface area contributed by atoms with Gasteiger partial charge in [0.2, 0.25) is 0 Å². The van der Waals surface area contributed by atoms with Gasteiger partial charge in [-0.2, -0.15) is 0 Å². The van der Waals surface area contributed by atoms with Crippen LogP contribution in [0.2, 0.25) is 0 Å². The first-order chi connectivity index (χ1) is 8.57. The predicted octanol–water partition coefficient (Wildman–Crippen LogP) is 4.49.